The maximum absolute atomic E-state index is 4.12. The van der Waals surface area contributed by atoms with Crippen LogP contribution in [0.5, 0.6) is 0 Å². The highest BCUT2D eigenvalue weighted by molar-refractivity contribution is 7.12. The molecule has 0 aliphatic rings. The van der Waals surface area contributed by atoms with Crippen LogP contribution in [0.15, 0.2) is 16.4 Å². The Labute approximate surface area is 65.4 Å². The number of hydrogen-bond donors (Lipinski definition) is 0. The number of rotatable bonds is 1. The van der Waals surface area contributed by atoms with E-state index in [9.17, 15) is 0 Å². The van der Waals surface area contributed by atoms with Gasteiger partial charge in [-0.15, -0.1) is 11.3 Å². The van der Waals surface area contributed by atoms with Crippen molar-refractivity contribution in [2.75, 3.05) is 7.05 Å². The van der Waals surface area contributed by atoms with E-state index in [4.69, 9.17) is 0 Å². The third-order valence-corrected chi connectivity index (χ3v) is 2.65. The minimum Gasteiger partial charge on any atom is -0.292 e. The van der Waals surface area contributed by atoms with Crippen LogP contribution in [0, 0.1) is 6.92 Å². The molecule has 0 fully saturated rings. The van der Waals surface area contributed by atoms with Crippen LogP contribution < -0.4 is 0 Å². The second-order valence-corrected chi connectivity index (χ2v) is 3.16. The lowest BCUT2D eigenvalue weighted by molar-refractivity contribution is 1.41. The molecule has 0 aromatic carbocycles. The van der Waals surface area contributed by atoms with E-state index in [-0.39, 0.29) is 0 Å². The Morgan fingerprint density at radius 3 is 2.70 bits per heavy atom. The minimum atomic E-state index is 1.13. The van der Waals surface area contributed by atoms with Gasteiger partial charge < -0.3 is 0 Å². The van der Waals surface area contributed by atoms with Crippen molar-refractivity contribution in [3.63, 3.8) is 0 Å². The molecule has 1 aromatic heterocycles. The summed E-state index contributed by atoms with van der Waals surface area (Å²) >= 11 is 1.75. The van der Waals surface area contributed by atoms with E-state index in [1.165, 1.54) is 10.4 Å². The quantitative estimate of drug-likeness (QED) is 0.550. The monoisotopic (exact) mass is 153 g/mol. The van der Waals surface area contributed by atoms with Crippen molar-refractivity contribution < 1.29 is 0 Å². The molecule has 0 saturated heterocycles. The summed E-state index contributed by atoms with van der Waals surface area (Å²) in [6.07, 6.45) is 0. The SMILES string of the molecule is CN=C(C)c1sccc1C. The van der Waals surface area contributed by atoms with Crippen LogP contribution in [-0.2, 0) is 0 Å². The fourth-order valence-electron chi connectivity index (χ4n) is 0.845. The van der Waals surface area contributed by atoms with E-state index in [2.05, 4.69) is 23.4 Å². The second kappa shape index (κ2) is 2.97. The van der Waals surface area contributed by atoms with Gasteiger partial charge in [-0.3, -0.25) is 4.99 Å². The summed E-state index contributed by atoms with van der Waals surface area (Å²) in [6.45, 7) is 4.15. The molecule has 0 aliphatic heterocycles. The number of nitrogens with zero attached hydrogens (tertiary/aromatic N) is 1. The molecule has 1 nitrogen and oxygen atoms in total. The number of aliphatic imine (C=N–C) groups is 1. The zero-order valence-electron chi connectivity index (χ0n) is 6.51. The average molecular weight is 153 g/mol. The second-order valence-electron chi connectivity index (χ2n) is 2.24. The molecule has 0 saturated carbocycles. The summed E-state index contributed by atoms with van der Waals surface area (Å²) in [6, 6.07) is 2.12. The van der Waals surface area contributed by atoms with Crippen LogP contribution in [0.4, 0.5) is 0 Å². The lowest BCUT2D eigenvalue weighted by Crippen LogP contribution is -1.91. The number of thiophene rings is 1. The topological polar surface area (TPSA) is 12.4 Å². The highest BCUT2D eigenvalue weighted by atomic mass is 32.1. The van der Waals surface area contributed by atoms with Crippen LogP contribution in [-0.4, -0.2) is 12.8 Å². The molecule has 1 heterocycles. The van der Waals surface area contributed by atoms with Crippen molar-refractivity contribution >= 4 is 17.0 Å². The van der Waals surface area contributed by atoms with Gasteiger partial charge in [-0.25, -0.2) is 0 Å². The average Bonchev–Trinajstić information content (AvgIpc) is 2.34. The smallest absolute Gasteiger partial charge is 0.0507 e. The van der Waals surface area contributed by atoms with E-state index in [0.717, 1.165) is 5.71 Å². The molecule has 0 bridgehead atoms. The van der Waals surface area contributed by atoms with Crippen LogP contribution in [0.2, 0.25) is 0 Å². The lowest BCUT2D eigenvalue weighted by atomic mass is 10.2. The van der Waals surface area contributed by atoms with E-state index >= 15 is 0 Å². The summed E-state index contributed by atoms with van der Waals surface area (Å²) in [4.78, 5) is 5.43. The van der Waals surface area contributed by atoms with Crippen LogP contribution in [0.3, 0.4) is 0 Å². The molecule has 2 heteroatoms. The van der Waals surface area contributed by atoms with Gasteiger partial charge >= 0.3 is 0 Å². The molecular weight excluding hydrogens is 142 g/mol. The molecule has 0 spiro atoms. The van der Waals surface area contributed by atoms with Crippen molar-refractivity contribution in [3.8, 4) is 0 Å². The van der Waals surface area contributed by atoms with E-state index < -0.39 is 0 Å². The van der Waals surface area contributed by atoms with Gasteiger partial charge in [-0.2, -0.15) is 0 Å². The molecule has 0 amide bonds. The zero-order chi connectivity index (χ0) is 7.56. The maximum Gasteiger partial charge on any atom is 0.0507 e. The molecule has 0 unspecified atom stereocenters. The standard InChI is InChI=1S/C8H11NS/c1-6-4-5-10-8(6)7(2)9-3/h4-5H,1-3H3. The number of hydrogen-bond acceptors (Lipinski definition) is 2. The Balaban J connectivity index is 3.05. The summed E-state index contributed by atoms with van der Waals surface area (Å²) < 4.78 is 0. The van der Waals surface area contributed by atoms with Gasteiger partial charge in [0.1, 0.15) is 0 Å². The first-order valence-electron chi connectivity index (χ1n) is 3.23. The zero-order valence-corrected chi connectivity index (χ0v) is 7.33. The summed E-state index contributed by atoms with van der Waals surface area (Å²) in [5.74, 6) is 0. The van der Waals surface area contributed by atoms with Crippen LogP contribution in [0.25, 0.3) is 0 Å². The molecule has 0 aliphatic carbocycles. The van der Waals surface area contributed by atoms with Gasteiger partial charge in [0.05, 0.1) is 4.88 Å². The Morgan fingerprint density at radius 1 is 1.60 bits per heavy atom. The third kappa shape index (κ3) is 1.27. The number of aryl methyl sites for hydroxylation is 1. The van der Waals surface area contributed by atoms with Crippen molar-refractivity contribution in [1.82, 2.24) is 0 Å². The van der Waals surface area contributed by atoms with Crippen LogP contribution >= 0.6 is 11.3 Å². The minimum absolute atomic E-state index is 1.13. The van der Waals surface area contributed by atoms with Crippen molar-refractivity contribution in [3.05, 3.63) is 21.9 Å². The highest BCUT2D eigenvalue weighted by Gasteiger charge is 2.00. The Morgan fingerprint density at radius 2 is 2.30 bits per heavy atom. The van der Waals surface area contributed by atoms with Gasteiger partial charge in [0.2, 0.25) is 0 Å². The Hall–Kier alpha value is -0.630. The van der Waals surface area contributed by atoms with Gasteiger partial charge in [-0.05, 0) is 30.9 Å². The Bertz CT molecular complexity index is 248. The molecule has 10 heavy (non-hydrogen) atoms. The predicted octanol–water partition coefficient (Wildman–Crippen LogP) is 2.50. The lowest BCUT2D eigenvalue weighted by Gasteiger charge is -1.94. The molecule has 54 valence electrons. The first-order valence-corrected chi connectivity index (χ1v) is 4.11. The van der Waals surface area contributed by atoms with Gasteiger partial charge in [0.25, 0.3) is 0 Å². The molecule has 1 rings (SSSR count). The normalized spacial score (nSPS) is 12.1. The maximum atomic E-state index is 4.12. The Kier molecular flexibility index (Phi) is 2.22. The molecule has 1 aromatic rings. The molecule has 0 N–H and O–H groups in total. The van der Waals surface area contributed by atoms with Crippen molar-refractivity contribution in [1.29, 1.82) is 0 Å². The predicted molar refractivity (Wildman–Crippen MR) is 47.2 cm³/mol. The summed E-state index contributed by atoms with van der Waals surface area (Å²) in [5, 5.41) is 2.10. The van der Waals surface area contributed by atoms with Crippen LogP contribution in [0.1, 0.15) is 17.4 Å². The first kappa shape index (κ1) is 7.48. The van der Waals surface area contributed by atoms with Gasteiger partial charge in [0.15, 0.2) is 0 Å². The first-order chi connectivity index (χ1) is 4.75. The van der Waals surface area contributed by atoms with Gasteiger partial charge in [0, 0.05) is 12.8 Å². The fourth-order valence-corrected chi connectivity index (χ4v) is 1.77. The summed E-state index contributed by atoms with van der Waals surface area (Å²) in [5.41, 5.74) is 2.46. The van der Waals surface area contributed by atoms with E-state index in [1.54, 1.807) is 11.3 Å². The van der Waals surface area contributed by atoms with E-state index in [0.29, 0.717) is 0 Å². The largest absolute Gasteiger partial charge is 0.292 e. The third-order valence-electron chi connectivity index (χ3n) is 1.53. The van der Waals surface area contributed by atoms with Gasteiger partial charge in [-0.1, -0.05) is 0 Å². The molecule has 0 atom stereocenters. The van der Waals surface area contributed by atoms with Crippen molar-refractivity contribution in [2.24, 2.45) is 4.99 Å². The molecular formula is C8H11NS. The van der Waals surface area contributed by atoms with E-state index in [1.807, 2.05) is 14.0 Å². The highest BCUT2D eigenvalue weighted by Crippen LogP contribution is 2.15. The fraction of sp³-hybridized carbons (Fsp3) is 0.375. The summed E-state index contributed by atoms with van der Waals surface area (Å²) in [7, 11) is 1.83. The van der Waals surface area contributed by atoms with Crippen molar-refractivity contribution in [2.45, 2.75) is 13.8 Å². The molecule has 0 radical (unpaired) electrons.